The Balaban J connectivity index is 2.50. The molecule has 18 heavy (non-hydrogen) atoms. The minimum Gasteiger partial charge on any atom is -0.480 e. The quantitative estimate of drug-likeness (QED) is 0.862. The average Bonchev–Trinajstić information content (AvgIpc) is 2.26. The number of amides is 1. The lowest BCUT2D eigenvalue weighted by Gasteiger charge is -2.17. The Hall–Kier alpha value is -1.56. The number of rotatable bonds is 5. The number of thioether (sulfide) groups is 1. The molecule has 1 aromatic carbocycles. The number of hydrogen-bond acceptors (Lipinski definition) is 3. The zero-order valence-electron chi connectivity index (χ0n) is 10.1. The maximum absolute atomic E-state index is 12.9. The first-order valence-corrected chi connectivity index (χ1v) is 6.22. The molecule has 0 bridgehead atoms. The van der Waals surface area contributed by atoms with Gasteiger partial charge in [0.05, 0.1) is 5.75 Å². The molecule has 6 heteroatoms. The molecule has 0 aromatic heterocycles. The fraction of sp³-hybridized carbons (Fsp3) is 0.333. The topological polar surface area (TPSA) is 66.4 Å². The third-order valence-corrected chi connectivity index (χ3v) is 3.49. The molecule has 0 spiro atoms. The van der Waals surface area contributed by atoms with E-state index in [0.29, 0.717) is 5.69 Å². The minimum absolute atomic E-state index is 0.00415. The van der Waals surface area contributed by atoms with Crippen molar-refractivity contribution in [3.05, 3.63) is 30.1 Å². The Bertz CT molecular complexity index is 462. The molecule has 98 valence electrons. The van der Waals surface area contributed by atoms with Crippen molar-refractivity contribution < 1.29 is 19.1 Å². The van der Waals surface area contributed by atoms with Crippen LogP contribution in [0.5, 0.6) is 0 Å². The molecule has 0 heterocycles. The van der Waals surface area contributed by atoms with Crippen LogP contribution in [0.25, 0.3) is 0 Å². The second-order valence-electron chi connectivity index (χ2n) is 4.16. The molecule has 0 saturated carbocycles. The molecule has 0 unspecified atom stereocenters. The number of hydrogen-bond donors (Lipinski definition) is 2. The average molecular weight is 271 g/mol. The van der Waals surface area contributed by atoms with E-state index in [1.54, 1.807) is 6.07 Å². The zero-order valence-corrected chi connectivity index (χ0v) is 10.9. The van der Waals surface area contributed by atoms with Crippen LogP contribution in [0.3, 0.4) is 0 Å². The molecule has 1 aromatic rings. The number of carboxylic acid groups (broad SMARTS) is 1. The second-order valence-corrected chi connectivity index (χ2v) is 5.76. The Morgan fingerprint density at radius 3 is 2.67 bits per heavy atom. The van der Waals surface area contributed by atoms with E-state index >= 15 is 0 Å². The van der Waals surface area contributed by atoms with Gasteiger partial charge < -0.3 is 10.4 Å². The Kier molecular flexibility index (Phi) is 4.72. The maximum atomic E-state index is 12.9. The van der Waals surface area contributed by atoms with Crippen molar-refractivity contribution in [3.8, 4) is 0 Å². The smallest absolute Gasteiger partial charge is 0.319 e. The SMILES string of the molecule is CC(C)(SCC(=O)Nc1cccc(F)c1)C(=O)O. The highest BCUT2D eigenvalue weighted by Crippen LogP contribution is 2.24. The first-order chi connectivity index (χ1) is 8.31. The van der Waals surface area contributed by atoms with Crippen LogP contribution in [0.2, 0.25) is 0 Å². The van der Waals surface area contributed by atoms with E-state index < -0.39 is 16.5 Å². The third kappa shape index (κ3) is 4.37. The number of carboxylic acids is 1. The largest absolute Gasteiger partial charge is 0.480 e. The first kappa shape index (κ1) is 14.5. The Morgan fingerprint density at radius 1 is 1.44 bits per heavy atom. The molecule has 1 rings (SSSR count). The van der Waals surface area contributed by atoms with E-state index in [9.17, 15) is 14.0 Å². The summed E-state index contributed by atoms with van der Waals surface area (Å²) in [4.78, 5) is 22.4. The molecule has 0 aliphatic rings. The molecule has 0 fully saturated rings. The van der Waals surface area contributed by atoms with Gasteiger partial charge in [0.1, 0.15) is 10.6 Å². The van der Waals surface area contributed by atoms with Crippen LogP contribution in [-0.2, 0) is 9.59 Å². The van der Waals surface area contributed by atoms with Crippen LogP contribution in [0.4, 0.5) is 10.1 Å². The molecular weight excluding hydrogens is 257 g/mol. The lowest BCUT2D eigenvalue weighted by Crippen LogP contribution is -2.29. The standard InChI is InChI=1S/C12H14FNO3S/c1-12(2,11(16)17)18-7-10(15)14-9-5-3-4-8(13)6-9/h3-6H,7H2,1-2H3,(H,14,15)(H,16,17). The van der Waals surface area contributed by atoms with Crippen molar-refractivity contribution in [2.24, 2.45) is 0 Å². The lowest BCUT2D eigenvalue weighted by molar-refractivity contribution is -0.138. The number of aliphatic carboxylic acids is 1. The number of carbonyl (C=O) groups is 2. The van der Waals surface area contributed by atoms with Gasteiger partial charge in [0.25, 0.3) is 0 Å². The number of anilines is 1. The summed E-state index contributed by atoms with van der Waals surface area (Å²) < 4.78 is 11.8. The predicted octanol–water partition coefficient (Wildman–Crippen LogP) is 2.36. The van der Waals surface area contributed by atoms with Gasteiger partial charge in [-0.05, 0) is 32.0 Å². The fourth-order valence-electron chi connectivity index (χ4n) is 1.07. The van der Waals surface area contributed by atoms with Crippen LogP contribution < -0.4 is 5.32 Å². The summed E-state index contributed by atoms with van der Waals surface area (Å²) in [5.74, 6) is -1.78. The summed E-state index contributed by atoms with van der Waals surface area (Å²) in [6.07, 6.45) is 0. The second kappa shape index (κ2) is 5.86. The molecule has 0 saturated heterocycles. The van der Waals surface area contributed by atoms with Gasteiger partial charge in [0.15, 0.2) is 0 Å². The van der Waals surface area contributed by atoms with E-state index in [2.05, 4.69) is 5.32 Å². The molecule has 0 atom stereocenters. The van der Waals surface area contributed by atoms with Gasteiger partial charge in [-0.3, -0.25) is 9.59 Å². The normalized spacial score (nSPS) is 11.1. The van der Waals surface area contributed by atoms with Crippen LogP contribution in [0.15, 0.2) is 24.3 Å². The number of carbonyl (C=O) groups excluding carboxylic acids is 1. The van der Waals surface area contributed by atoms with Gasteiger partial charge in [-0.2, -0.15) is 0 Å². The third-order valence-electron chi connectivity index (χ3n) is 2.19. The minimum atomic E-state index is -1.03. The fourth-order valence-corrected chi connectivity index (χ4v) is 1.76. The highest BCUT2D eigenvalue weighted by atomic mass is 32.2. The van der Waals surface area contributed by atoms with Gasteiger partial charge in [-0.1, -0.05) is 6.07 Å². The lowest BCUT2D eigenvalue weighted by atomic mass is 10.2. The van der Waals surface area contributed by atoms with Gasteiger partial charge in [-0.25, -0.2) is 4.39 Å². The van der Waals surface area contributed by atoms with Crippen molar-refractivity contribution in [2.75, 3.05) is 11.1 Å². The van der Waals surface area contributed by atoms with Crippen LogP contribution in [-0.4, -0.2) is 27.5 Å². The van der Waals surface area contributed by atoms with Gasteiger partial charge >= 0.3 is 5.97 Å². The molecule has 0 aliphatic heterocycles. The molecule has 0 radical (unpaired) electrons. The summed E-state index contributed by atoms with van der Waals surface area (Å²) in [5, 5.41) is 11.4. The van der Waals surface area contributed by atoms with Gasteiger partial charge in [0, 0.05) is 5.69 Å². The highest BCUT2D eigenvalue weighted by molar-refractivity contribution is 8.02. The first-order valence-electron chi connectivity index (χ1n) is 5.24. The molecule has 1 amide bonds. The molecule has 4 nitrogen and oxygen atoms in total. The van der Waals surface area contributed by atoms with Crippen LogP contribution in [0, 0.1) is 5.82 Å². The highest BCUT2D eigenvalue weighted by Gasteiger charge is 2.28. The van der Waals surface area contributed by atoms with Crippen molar-refractivity contribution in [2.45, 2.75) is 18.6 Å². The number of halogens is 1. The van der Waals surface area contributed by atoms with E-state index in [0.717, 1.165) is 11.8 Å². The summed E-state index contributed by atoms with van der Waals surface area (Å²) >= 11 is 1.01. The van der Waals surface area contributed by atoms with E-state index in [4.69, 9.17) is 5.11 Å². The van der Waals surface area contributed by atoms with Crippen molar-refractivity contribution >= 4 is 29.3 Å². The predicted molar refractivity (Wildman–Crippen MR) is 69.2 cm³/mol. The van der Waals surface area contributed by atoms with Gasteiger partial charge in [-0.15, -0.1) is 11.8 Å². The van der Waals surface area contributed by atoms with Crippen LogP contribution in [0.1, 0.15) is 13.8 Å². The molecular formula is C12H14FNO3S. The Morgan fingerprint density at radius 2 is 2.11 bits per heavy atom. The summed E-state index contributed by atoms with van der Waals surface area (Å²) in [6.45, 7) is 3.05. The van der Waals surface area contributed by atoms with Crippen molar-refractivity contribution in [3.63, 3.8) is 0 Å². The van der Waals surface area contributed by atoms with Crippen molar-refractivity contribution in [1.82, 2.24) is 0 Å². The Labute approximate surface area is 109 Å². The van der Waals surface area contributed by atoms with Gasteiger partial charge in [0.2, 0.25) is 5.91 Å². The maximum Gasteiger partial charge on any atom is 0.319 e. The zero-order chi connectivity index (χ0) is 13.8. The number of nitrogens with one attached hydrogen (secondary N) is 1. The molecule has 0 aliphatic carbocycles. The van der Waals surface area contributed by atoms with E-state index in [1.165, 1.54) is 32.0 Å². The number of benzene rings is 1. The summed E-state index contributed by atoms with van der Waals surface area (Å²) in [5.41, 5.74) is 0.355. The summed E-state index contributed by atoms with van der Waals surface area (Å²) in [7, 11) is 0. The van der Waals surface area contributed by atoms with E-state index in [-0.39, 0.29) is 11.7 Å². The summed E-state index contributed by atoms with van der Waals surface area (Å²) in [6, 6.07) is 5.52. The van der Waals surface area contributed by atoms with E-state index in [1.807, 2.05) is 0 Å². The van der Waals surface area contributed by atoms with Crippen LogP contribution >= 0.6 is 11.8 Å². The van der Waals surface area contributed by atoms with Crippen molar-refractivity contribution in [1.29, 1.82) is 0 Å². The molecule has 2 N–H and O–H groups in total. The monoisotopic (exact) mass is 271 g/mol.